The lowest BCUT2D eigenvalue weighted by Crippen LogP contribution is -2.51. The second-order valence-corrected chi connectivity index (χ2v) is 3.14. The number of aliphatic hydroxyl groups excluding tert-OH is 1. The minimum absolute atomic E-state index is 0.0901. The van der Waals surface area contributed by atoms with Gasteiger partial charge in [0.1, 0.15) is 0 Å². The van der Waals surface area contributed by atoms with Gasteiger partial charge in [-0.05, 0) is 0 Å². The number of piperazine rings is 1. The maximum atomic E-state index is 11.9. The summed E-state index contributed by atoms with van der Waals surface area (Å²) in [6, 6.07) is 0. The number of aliphatic hydroxyl groups is 1. The Balaban J connectivity index is 2.40. The number of carbonyl (C=O) groups excluding carboxylic acids is 1. The van der Waals surface area contributed by atoms with Crippen molar-refractivity contribution in [3.05, 3.63) is 0 Å². The summed E-state index contributed by atoms with van der Waals surface area (Å²) in [5.41, 5.74) is 0. The highest BCUT2D eigenvalue weighted by Crippen LogP contribution is 2.20. The van der Waals surface area contributed by atoms with E-state index in [1.165, 1.54) is 4.90 Å². The van der Waals surface area contributed by atoms with Crippen LogP contribution in [-0.2, 0) is 4.79 Å². The molecule has 2 N–H and O–H groups in total. The zero-order valence-electron chi connectivity index (χ0n) is 7.34. The first-order valence-corrected chi connectivity index (χ1v) is 4.13. The minimum atomic E-state index is -4.62. The molecule has 1 heterocycles. The number of amides is 1. The van der Waals surface area contributed by atoms with Gasteiger partial charge in [0.15, 0.2) is 6.10 Å². The number of halogens is 3. The number of nitrogens with zero attached hydrogens (tertiary/aromatic N) is 1. The molecule has 82 valence electrons. The molecule has 0 aromatic heterocycles. The van der Waals surface area contributed by atoms with Crippen LogP contribution in [0.3, 0.4) is 0 Å². The van der Waals surface area contributed by atoms with Crippen molar-refractivity contribution < 1.29 is 23.1 Å². The van der Waals surface area contributed by atoms with Crippen LogP contribution in [0.1, 0.15) is 0 Å². The van der Waals surface area contributed by atoms with Crippen LogP contribution in [0.5, 0.6) is 0 Å². The summed E-state index contributed by atoms with van der Waals surface area (Å²) in [6.07, 6.45) is -7.00. The van der Waals surface area contributed by atoms with Crippen LogP contribution in [0.25, 0.3) is 0 Å². The van der Waals surface area contributed by atoms with Crippen LogP contribution in [0, 0.1) is 0 Å². The van der Waals surface area contributed by atoms with E-state index in [1.807, 2.05) is 0 Å². The van der Waals surface area contributed by atoms with Gasteiger partial charge < -0.3 is 10.4 Å². The Morgan fingerprint density at radius 1 is 1.57 bits per heavy atom. The first kappa shape index (κ1) is 11.3. The molecule has 4 nitrogen and oxygen atoms in total. The van der Waals surface area contributed by atoms with Crippen molar-refractivity contribution in [1.29, 1.82) is 0 Å². The van der Waals surface area contributed by atoms with E-state index >= 15 is 0 Å². The molecular weight excluding hydrogens is 201 g/mol. The highest BCUT2D eigenvalue weighted by atomic mass is 19.4. The maximum Gasteiger partial charge on any atom is 0.415 e. The minimum Gasteiger partial charge on any atom is -0.382 e. The van der Waals surface area contributed by atoms with Gasteiger partial charge in [0, 0.05) is 19.6 Å². The van der Waals surface area contributed by atoms with Crippen LogP contribution in [0.4, 0.5) is 13.2 Å². The molecule has 1 aliphatic heterocycles. The van der Waals surface area contributed by atoms with Gasteiger partial charge in [-0.15, -0.1) is 0 Å². The van der Waals surface area contributed by atoms with Gasteiger partial charge in [0.2, 0.25) is 5.91 Å². The quantitative estimate of drug-likeness (QED) is 0.639. The molecule has 1 aliphatic rings. The van der Waals surface area contributed by atoms with Crippen molar-refractivity contribution in [2.24, 2.45) is 0 Å². The molecule has 0 aromatic rings. The Morgan fingerprint density at radius 3 is 2.71 bits per heavy atom. The van der Waals surface area contributed by atoms with Gasteiger partial charge in [0.25, 0.3) is 0 Å². The fraction of sp³-hybridized carbons (Fsp3) is 0.857. The molecule has 0 saturated carbocycles. The third-order valence-corrected chi connectivity index (χ3v) is 1.93. The van der Waals surface area contributed by atoms with Crippen molar-refractivity contribution in [2.45, 2.75) is 12.3 Å². The van der Waals surface area contributed by atoms with Crippen molar-refractivity contribution in [1.82, 2.24) is 10.2 Å². The number of rotatable bonds is 2. The second-order valence-electron chi connectivity index (χ2n) is 3.14. The summed E-state index contributed by atoms with van der Waals surface area (Å²) in [4.78, 5) is 12.1. The highest BCUT2D eigenvalue weighted by Gasteiger charge is 2.39. The van der Waals surface area contributed by atoms with Gasteiger partial charge in [-0.3, -0.25) is 9.69 Å². The summed E-state index contributed by atoms with van der Waals surface area (Å²) >= 11 is 0. The van der Waals surface area contributed by atoms with E-state index in [0.717, 1.165) is 0 Å². The van der Waals surface area contributed by atoms with Gasteiger partial charge in [-0.25, -0.2) is 0 Å². The molecule has 1 unspecified atom stereocenters. The molecule has 1 saturated heterocycles. The average molecular weight is 212 g/mol. The summed E-state index contributed by atoms with van der Waals surface area (Å²) in [6.45, 7) is 0.0202. The number of hydrogen-bond acceptors (Lipinski definition) is 3. The van der Waals surface area contributed by atoms with Crippen LogP contribution in [0.2, 0.25) is 0 Å². The Morgan fingerprint density at radius 2 is 2.21 bits per heavy atom. The molecule has 0 spiro atoms. The SMILES string of the molecule is O=C1CN(CC(O)C(F)(F)F)CCN1. The van der Waals surface area contributed by atoms with Gasteiger partial charge in [-0.2, -0.15) is 13.2 Å². The molecule has 0 aromatic carbocycles. The molecule has 0 radical (unpaired) electrons. The Kier molecular flexibility index (Phi) is 3.33. The second kappa shape index (κ2) is 4.14. The van der Waals surface area contributed by atoms with Crippen LogP contribution in [-0.4, -0.2) is 54.4 Å². The molecule has 1 atom stereocenters. The molecule has 0 aliphatic carbocycles. The third kappa shape index (κ3) is 3.15. The Labute approximate surface area is 78.7 Å². The summed E-state index contributed by atoms with van der Waals surface area (Å²) in [7, 11) is 0. The molecule has 14 heavy (non-hydrogen) atoms. The molecule has 0 bridgehead atoms. The van der Waals surface area contributed by atoms with Crippen molar-refractivity contribution >= 4 is 5.91 Å². The number of nitrogens with one attached hydrogen (secondary N) is 1. The first-order valence-electron chi connectivity index (χ1n) is 4.13. The van der Waals surface area contributed by atoms with Crippen LogP contribution < -0.4 is 5.32 Å². The fourth-order valence-electron chi connectivity index (χ4n) is 1.20. The zero-order chi connectivity index (χ0) is 10.8. The van der Waals surface area contributed by atoms with E-state index in [9.17, 15) is 18.0 Å². The van der Waals surface area contributed by atoms with Gasteiger partial charge in [-0.1, -0.05) is 0 Å². The van der Waals surface area contributed by atoms with E-state index in [1.54, 1.807) is 0 Å². The molecule has 1 rings (SSSR count). The third-order valence-electron chi connectivity index (χ3n) is 1.93. The molecular formula is C7H11F3N2O2. The number of hydrogen-bond donors (Lipinski definition) is 2. The lowest BCUT2D eigenvalue weighted by atomic mass is 10.2. The summed E-state index contributed by atoms with van der Waals surface area (Å²) in [5.74, 6) is -0.314. The molecule has 1 amide bonds. The van der Waals surface area contributed by atoms with Crippen molar-refractivity contribution in [2.75, 3.05) is 26.2 Å². The van der Waals surface area contributed by atoms with Crippen LogP contribution >= 0.6 is 0 Å². The first-order chi connectivity index (χ1) is 6.39. The van der Waals surface area contributed by atoms with E-state index < -0.39 is 18.8 Å². The lowest BCUT2D eigenvalue weighted by Gasteiger charge is -2.28. The van der Waals surface area contributed by atoms with Gasteiger partial charge >= 0.3 is 6.18 Å². The van der Waals surface area contributed by atoms with E-state index in [4.69, 9.17) is 5.11 Å². The maximum absolute atomic E-state index is 11.9. The van der Waals surface area contributed by atoms with Gasteiger partial charge in [0.05, 0.1) is 6.54 Å². The topological polar surface area (TPSA) is 52.6 Å². The lowest BCUT2D eigenvalue weighted by molar-refractivity contribution is -0.208. The normalized spacial score (nSPS) is 21.9. The van der Waals surface area contributed by atoms with Crippen LogP contribution in [0.15, 0.2) is 0 Å². The standard InChI is InChI=1S/C7H11F3N2O2/c8-7(9,10)5(13)3-12-2-1-11-6(14)4-12/h5,13H,1-4H2,(H,11,14). The highest BCUT2D eigenvalue weighted by molar-refractivity contribution is 5.78. The smallest absolute Gasteiger partial charge is 0.382 e. The van der Waals surface area contributed by atoms with Crippen molar-refractivity contribution in [3.63, 3.8) is 0 Å². The molecule has 7 heteroatoms. The summed E-state index contributed by atoms with van der Waals surface area (Å²) < 4.78 is 35.8. The molecule has 1 fully saturated rings. The predicted octanol–water partition coefficient (Wildman–Crippen LogP) is -0.659. The number of alkyl halides is 3. The van der Waals surface area contributed by atoms with E-state index in [2.05, 4.69) is 5.32 Å². The van der Waals surface area contributed by atoms with Crippen molar-refractivity contribution in [3.8, 4) is 0 Å². The summed E-state index contributed by atoms with van der Waals surface area (Å²) in [5, 5.41) is 11.2. The number of carbonyl (C=O) groups is 1. The fourth-order valence-corrected chi connectivity index (χ4v) is 1.20. The number of β-amino-alcohol motifs (C(OH)–C–C–N with tert-alkyl or cyclic N) is 1. The van der Waals surface area contributed by atoms with E-state index in [0.29, 0.717) is 13.1 Å². The van der Waals surface area contributed by atoms with E-state index in [-0.39, 0.29) is 12.5 Å². The largest absolute Gasteiger partial charge is 0.415 e. The predicted molar refractivity (Wildman–Crippen MR) is 41.5 cm³/mol. The zero-order valence-corrected chi connectivity index (χ0v) is 7.34. The average Bonchev–Trinajstić information content (AvgIpc) is 2.02. The Bertz CT molecular complexity index is 219. The monoisotopic (exact) mass is 212 g/mol. The Hall–Kier alpha value is -0.820.